The summed E-state index contributed by atoms with van der Waals surface area (Å²) >= 11 is 0. The molecule has 0 aromatic carbocycles. The minimum Gasteiger partial charge on any atom is -0.394 e. The van der Waals surface area contributed by atoms with Gasteiger partial charge in [-0.15, -0.1) is 0 Å². The minimum absolute atomic E-state index is 0.246. The van der Waals surface area contributed by atoms with Crippen LogP contribution in [0, 0.1) is 0 Å². The highest BCUT2D eigenvalue weighted by Crippen LogP contribution is 2.30. The molecule has 14 heteroatoms. The molecule has 14 nitrogen and oxygen atoms in total. The third kappa shape index (κ3) is 53.2. The maximum absolute atomic E-state index is 13.4. The van der Waals surface area contributed by atoms with Gasteiger partial charge in [0.15, 0.2) is 12.6 Å². The van der Waals surface area contributed by atoms with Crippen molar-refractivity contribution < 1.29 is 64.6 Å². The third-order valence-electron chi connectivity index (χ3n) is 20.9. The number of allylic oxidation sites excluding steroid dienone is 9. The van der Waals surface area contributed by atoms with E-state index in [2.05, 4.69) is 67.8 Å². The smallest absolute Gasteiger partial charge is 0.220 e. The summed E-state index contributed by atoms with van der Waals surface area (Å²) in [4.78, 5) is 13.4. The number of ether oxygens (including phenoxy) is 4. The van der Waals surface area contributed by atoms with E-state index in [1.165, 1.54) is 308 Å². The normalized spacial score (nSPS) is 22.0. The van der Waals surface area contributed by atoms with E-state index < -0.39 is 86.8 Å². The van der Waals surface area contributed by atoms with Crippen LogP contribution in [0.1, 0.15) is 393 Å². The lowest BCUT2D eigenvalue weighted by atomic mass is 9.97. The zero-order valence-corrected chi connectivity index (χ0v) is 65.2. The summed E-state index contributed by atoms with van der Waals surface area (Å²) in [6.45, 7) is 2.83. The van der Waals surface area contributed by atoms with E-state index in [0.717, 1.165) is 51.4 Å². The summed E-state index contributed by atoms with van der Waals surface area (Å²) in [6.07, 6.45) is 80.5. The van der Waals surface area contributed by atoms with Gasteiger partial charge in [-0.3, -0.25) is 4.79 Å². The SMILES string of the molecule is CCCCCCC/C=C\C/C=C\CCCCCCCCCCCCCCCCCCCCCCCCCCCCCC(=O)NC(COC1OC(CO)C(OC2OC(CO)C(O)C(O)C2O)C(O)C1O)C(O)/C=C/CC/C=C/CC/C=C/CCCCCCCCCCCCCCCCCCCC. The lowest BCUT2D eigenvalue weighted by Crippen LogP contribution is -2.65. The molecule has 2 rings (SSSR count). The maximum Gasteiger partial charge on any atom is 0.220 e. The second-order valence-electron chi connectivity index (χ2n) is 30.3. The summed E-state index contributed by atoms with van der Waals surface area (Å²) in [7, 11) is 0. The first-order chi connectivity index (χ1) is 49.6. The first kappa shape index (κ1) is 94.8. The Balaban J connectivity index is 1.58. The van der Waals surface area contributed by atoms with Gasteiger partial charge in [-0.2, -0.15) is 0 Å². The summed E-state index contributed by atoms with van der Waals surface area (Å²) in [5, 5.41) is 87.7. The summed E-state index contributed by atoms with van der Waals surface area (Å²) in [6, 6.07) is -0.940. The first-order valence-electron chi connectivity index (χ1n) is 43.0. The van der Waals surface area contributed by atoms with Gasteiger partial charge < -0.3 is 65.1 Å². The van der Waals surface area contributed by atoms with Gasteiger partial charge in [0.2, 0.25) is 5.91 Å². The highest BCUT2D eigenvalue weighted by Gasteiger charge is 2.51. The highest BCUT2D eigenvalue weighted by atomic mass is 16.7. The molecule has 2 aliphatic heterocycles. The lowest BCUT2D eigenvalue weighted by Gasteiger charge is -2.46. The fourth-order valence-electron chi connectivity index (χ4n) is 14.1. The average Bonchev–Trinajstić information content (AvgIpc) is 0.790. The van der Waals surface area contributed by atoms with Gasteiger partial charge in [-0.25, -0.2) is 0 Å². The van der Waals surface area contributed by atoms with E-state index in [1.807, 2.05) is 6.08 Å². The van der Waals surface area contributed by atoms with Gasteiger partial charge >= 0.3 is 0 Å². The van der Waals surface area contributed by atoms with Crippen LogP contribution in [0.25, 0.3) is 0 Å². The number of aliphatic hydroxyl groups is 8. The van der Waals surface area contributed by atoms with Crippen molar-refractivity contribution in [1.29, 1.82) is 0 Å². The molecule has 0 radical (unpaired) electrons. The molecular weight excluding hydrogens is 1270 g/mol. The molecule has 592 valence electrons. The van der Waals surface area contributed by atoms with Crippen LogP contribution in [0.15, 0.2) is 60.8 Å². The van der Waals surface area contributed by atoms with E-state index >= 15 is 0 Å². The largest absolute Gasteiger partial charge is 0.394 e. The predicted molar refractivity (Wildman–Crippen MR) is 420 cm³/mol. The van der Waals surface area contributed by atoms with E-state index in [1.54, 1.807) is 6.08 Å². The molecule has 2 saturated heterocycles. The summed E-state index contributed by atoms with van der Waals surface area (Å²) < 4.78 is 22.9. The average molecular weight is 1430 g/mol. The Hall–Kier alpha value is -2.31. The zero-order valence-electron chi connectivity index (χ0n) is 65.2. The fraction of sp³-hybridized carbons (Fsp3) is 0.874. The van der Waals surface area contributed by atoms with E-state index in [4.69, 9.17) is 18.9 Å². The van der Waals surface area contributed by atoms with Crippen molar-refractivity contribution in [3.63, 3.8) is 0 Å². The number of unbranched alkanes of at least 4 members (excludes halogenated alkanes) is 52. The van der Waals surface area contributed by atoms with Crippen LogP contribution in [0.4, 0.5) is 0 Å². The Morgan fingerprint density at radius 3 is 1.03 bits per heavy atom. The van der Waals surface area contributed by atoms with Crippen LogP contribution in [-0.4, -0.2) is 140 Å². The highest BCUT2D eigenvalue weighted by molar-refractivity contribution is 5.76. The Bertz CT molecular complexity index is 1930. The first-order valence-corrected chi connectivity index (χ1v) is 43.0. The molecule has 0 saturated carbocycles. The monoisotopic (exact) mass is 1430 g/mol. The Labute approximate surface area is 619 Å². The minimum atomic E-state index is -1.79. The molecular formula is C87H161NO13. The second kappa shape index (κ2) is 70.7. The number of nitrogens with one attached hydrogen (secondary N) is 1. The standard InChI is InChI=1S/C87H161NO13/c1-3-5-7-9-11-13-15-17-19-21-23-25-27-29-31-33-34-35-36-37-38-39-40-41-42-43-45-47-49-51-53-55-57-59-61-63-65-67-69-71-79(92)88-75(74-98-86-84(97)82(95)85(78(73-90)100-86)101-87-83(96)81(94)80(93)77(72-89)99-87)76(91)70-68-66-64-62-60-58-56-54-52-50-48-46-44-32-30-28-26-24-22-20-18-16-14-12-10-8-6-4-2/h15,17,21,23,52,54,60,62,68,70,75-78,80-87,89-91,93-97H,3-14,16,18-20,22,24-51,53,55-59,61,63-67,69,71-74H2,1-2H3,(H,88,92)/b17-15-,23-21-,54-52+,62-60+,70-68+. The van der Waals surface area contributed by atoms with Crippen LogP contribution in [-0.2, 0) is 23.7 Å². The molecule has 12 unspecified atom stereocenters. The van der Waals surface area contributed by atoms with Crippen LogP contribution in [0.2, 0.25) is 0 Å². The van der Waals surface area contributed by atoms with Gasteiger partial charge in [-0.05, 0) is 77.0 Å². The molecule has 0 aliphatic carbocycles. The molecule has 0 spiro atoms. The number of hydrogen-bond donors (Lipinski definition) is 9. The van der Waals surface area contributed by atoms with Crippen molar-refractivity contribution in [3.8, 4) is 0 Å². The number of rotatable bonds is 73. The van der Waals surface area contributed by atoms with Crippen molar-refractivity contribution >= 4 is 5.91 Å². The molecule has 2 aliphatic rings. The van der Waals surface area contributed by atoms with Crippen molar-refractivity contribution in [2.24, 2.45) is 0 Å². The summed E-state index contributed by atoms with van der Waals surface area (Å²) in [5.41, 5.74) is 0. The van der Waals surface area contributed by atoms with E-state index in [0.29, 0.717) is 12.8 Å². The van der Waals surface area contributed by atoms with Crippen molar-refractivity contribution in [2.45, 2.75) is 466 Å². The molecule has 0 aromatic rings. The predicted octanol–water partition coefficient (Wildman–Crippen LogP) is 20.3. The Morgan fingerprint density at radius 2 is 0.663 bits per heavy atom. The quantitative estimate of drug-likeness (QED) is 0.0204. The molecule has 9 N–H and O–H groups in total. The van der Waals surface area contributed by atoms with Crippen molar-refractivity contribution in [2.75, 3.05) is 19.8 Å². The third-order valence-corrected chi connectivity index (χ3v) is 20.9. The Kier molecular flexibility index (Phi) is 66.3. The van der Waals surface area contributed by atoms with Gasteiger partial charge in [-0.1, -0.05) is 370 Å². The fourth-order valence-corrected chi connectivity index (χ4v) is 14.1. The van der Waals surface area contributed by atoms with Crippen LogP contribution < -0.4 is 5.32 Å². The second-order valence-corrected chi connectivity index (χ2v) is 30.3. The number of aliphatic hydroxyl groups excluding tert-OH is 8. The molecule has 12 atom stereocenters. The van der Waals surface area contributed by atoms with E-state index in [9.17, 15) is 45.6 Å². The molecule has 0 bridgehead atoms. The van der Waals surface area contributed by atoms with E-state index in [-0.39, 0.29) is 18.9 Å². The van der Waals surface area contributed by atoms with Crippen molar-refractivity contribution in [1.82, 2.24) is 5.32 Å². The van der Waals surface area contributed by atoms with Crippen LogP contribution >= 0.6 is 0 Å². The zero-order chi connectivity index (χ0) is 73.0. The maximum atomic E-state index is 13.4. The lowest BCUT2D eigenvalue weighted by molar-refractivity contribution is -0.359. The number of carbonyl (C=O) groups excluding carboxylic acids is 1. The molecule has 2 fully saturated rings. The number of amides is 1. The van der Waals surface area contributed by atoms with Crippen LogP contribution in [0.3, 0.4) is 0 Å². The summed E-state index contributed by atoms with van der Waals surface area (Å²) in [5.74, 6) is -0.246. The number of hydrogen-bond acceptors (Lipinski definition) is 13. The van der Waals surface area contributed by atoms with Gasteiger partial charge in [0.25, 0.3) is 0 Å². The molecule has 101 heavy (non-hydrogen) atoms. The molecule has 1 amide bonds. The van der Waals surface area contributed by atoms with Gasteiger partial charge in [0.05, 0.1) is 32.0 Å². The van der Waals surface area contributed by atoms with Crippen LogP contribution in [0.5, 0.6) is 0 Å². The van der Waals surface area contributed by atoms with Gasteiger partial charge in [0.1, 0.15) is 48.8 Å². The van der Waals surface area contributed by atoms with Crippen molar-refractivity contribution in [3.05, 3.63) is 60.8 Å². The Morgan fingerprint density at radius 1 is 0.356 bits per heavy atom. The molecule has 0 aromatic heterocycles. The topological polar surface area (TPSA) is 228 Å². The van der Waals surface area contributed by atoms with Gasteiger partial charge in [0, 0.05) is 6.42 Å². The molecule has 2 heterocycles. The number of carbonyl (C=O) groups is 1.